The fraction of sp³-hybridized carbons (Fsp3) is 0.0769. The molecule has 0 fully saturated rings. The highest BCUT2D eigenvalue weighted by Crippen LogP contribution is 2.59. The van der Waals surface area contributed by atoms with Crippen LogP contribution in [0.15, 0.2) is 200 Å². The summed E-state index contributed by atoms with van der Waals surface area (Å²) in [5, 5.41) is 0. The first-order valence-electron chi connectivity index (χ1n) is 18.6. The van der Waals surface area contributed by atoms with Crippen molar-refractivity contribution in [2.24, 2.45) is 0 Å². The van der Waals surface area contributed by atoms with Gasteiger partial charge in [0.2, 0.25) is 0 Å². The Labute approximate surface area is 312 Å². The van der Waals surface area contributed by atoms with Crippen LogP contribution in [0.4, 0.5) is 17.1 Å². The Kier molecular flexibility index (Phi) is 7.13. The van der Waals surface area contributed by atoms with E-state index in [0.717, 1.165) is 11.4 Å². The van der Waals surface area contributed by atoms with Crippen LogP contribution in [-0.2, 0) is 10.8 Å². The zero-order valence-electron chi connectivity index (χ0n) is 30.0. The number of anilines is 3. The van der Waals surface area contributed by atoms with Gasteiger partial charge in [-0.1, -0.05) is 190 Å². The van der Waals surface area contributed by atoms with Crippen molar-refractivity contribution in [3.05, 3.63) is 234 Å². The van der Waals surface area contributed by atoms with Crippen LogP contribution in [0.2, 0.25) is 0 Å². The number of fused-ring (bicyclic) bond motifs is 6. The van der Waals surface area contributed by atoms with Gasteiger partial charge in [-0.25, -0.2) is 0 Å². The molecule has 0 aliphatic heterocycles. The smallest absolute Gasteiger partial charge is 0.0713 e. The molecule has 0 spiro atoms. The van der Waals surface area contributed by atoms with E-state index in [4.69, 9.17) is 0 Å². The molecule has 53 heavy (non-hydrogen) atoms. The Morgan fingerprint density at radius 1 is 0.358 bits per heavy atom. The molecule has 0 aromatic heterocycles. The average Bonchev–Trinajstić information content (AvgIpc) is 3.65. The molecule has 10 rings (SSSR count). The van der Waals surface area contributed by atoms with Crippen LogP contribution in [-0.4, -0.2) is 0 Å². The topological polar surface area (TPSA) is 3.24 Å². The number of benzene rings is 8. The lowest BCUT2D eigenvalue weighted by atomic mass is 9.68. The molecule has 0 unspecified atom stereocenters. The van der Waals surface area contributed by atoms with Crippen molar-refractivity contribution in [2.45, 2.75) is 24.7 Å². The minimum atomic E-state index is -0.447. The van der Waals surface area contributed by atoms with Gasteiger partial charge in [0.25, 0.3) is 0 Å². The summed E-state index contributed by atoms with van der Waals surface area (Å²) in [7, 11) is 0. The third-order valence-electron chi connectivity index (χ3n) is 11.7. The van der Waals surface area contributed by atoms with E-state index in [0.29, 0.717) is 0 Å². The van der Waals surface area contributed by atoms with E-state index in [9.17, 15) is 0 Å². The largest absolute Gasteiger partial charge is 0.310 e. The summed E-state index contributed by atoms with van der Waals surface area (Å²) in [5.74, 6) is 0. The summed E-state index contributed by atoms with van der Waals surface area (Å²) in [4.78, 5) is 2.53. The van der Waals surface area contributed by atoms with Crippen molar-refractivity contribution in [1.29, 1.82) is 0 Å². The van der Waals surface area contributed by atoms with Crippen LogP contribution < -0.4 is 4.90 Å². The molecule has 8 aromatic carbocycles. The van der Waals surface area contributed by atoms with Crippen LogP contribution >= 0.6 is 0 Å². The highest BCUT2D eigenvalue weighted by molar-refractivity contribution is 5.96. The Hall–Kier alpha value is -6.44. The molecule has 0 saturated heterocycles. The predicted molar refractivity (Wildman–Crippen MR) is 221 cm³/mol. The van der Waals surface area contributed by atoms with Crippen molar-refractivity contribution < 1.29 is 0 Å². The van der Waals surface area contributed by atoms with Gasteiger partial charge >= 0.3 is 0 Å². The molecule has 0 radical (unpaired) electrons. The van der Waals surface area contributed by atoms with Crippen LogP contribution in [0.5, 0.6) is 0 Å². The number of para-hydroxylation sites is 1. The summed E-state index contributed by atoms with van der Waals surface area (Å²) in [6, 6.07) is 73.9. The summed E-state index contributed by atoms with van der Waals surface area (Å²) in [5.41, 5.74) is 18.3. The quantitative estimate of drug-likeness (QED) is 0.169. The van der Waals surface area contributed by atoms with Gasteiger partial charge in [-0.15, -0.1) is 0 Å². The second-order valence-corrected chi connectivity index (χ2v) is 14.8. The van der Waals surface area contributed by atoms with Gasteiger partial charge in [-0.05, 0) is 85.5 Å². The number of nitrogens with zero attached hydrogens (tertiary/aromatic N) is 1. The lowest BCUT2D eigenvalue weighted by molar-refractivity contribution is 0.661. The van der Waals surface area contributed by atoms with E-state index in [1.54, 1.807) is 0 Å². The van der Waals surface area contributed by atoms with Gasteiger partial charge in [-0.3, -0.25) is 0 Å². The van der Waals surface area contributed by atoms with E-state index in [1.807, 2.05) is 0 Å². The lowest BCUT2D eigenvalue weighted by Crippen LogP contribution is -2.28. The highest BCUT2D eigenvalue weighted by Gasteiger charge is 2.46. The summed E-state index contributed by atoms with van der Waals surface area (Å²) >= 11 is 0. The molecule has 0 N–H and O–H groups in total. The third kappa shape index (κ3) is 4.57. The van der Waals surface area contributed by atoms with Gasteiger partial charge in [0.05, 0.1) is 16.8 Å². The predicted octanol–water partition coefficient (Wildman–Crippen LogP) is 13.5. The minimum Gasteiger partial charge on any atom is -0.310 e. The Morgan fingerprint density at radius 3 is 1.53 bits per heavy atom. The molecule has 2 aliphatic carbocycles. The maximum atomic E-state index is 2.53. The molecular weight excluding hydrogens is 639 g/mol. The maximum absolute atomic E-state index is 2.53. The Bertz CT molecular complexity index is 2600. The van der Waals surface area contributed by atoms with E-state index in [1.165, 1.54) is 72.4 Å². The molecule has 0 bridgehead atoms. The number of rotatable bonds is 6. The summed E-state index contributed by atoms with van der Waals surface area (Å²) < 4.78 is 0. The zero-order chi connectivity index (χ0) is 35.6. The Balaban J connectivity index is 1.27. The van der Waals surface area contributed by atoms with Gasteiger partial charge in [0.1, 0.15) is 0 Å². The first-order valence-corrected chi connectivity index (χ1v) is 18.6. The van der Waals surface area contributed by atoms with E-state index in [2.05, 4.69) is 219 Å². The van der Waals surface area contributed by atoms with Gasteiger partial charge in [-0.2, -0.15) is 0 Å². The first-order chi connectivity index (χ1) is 26.1. The molecule has 2 aliphatic rings. The first kappa shape index (κ1) is 31.3. The molecule has 0 saturated carbocycles. The fourth-order valence-corrected chi connectivity index (χ4v) is 9.52. The molecule has 252 valence electrons. The van der Waals surface area contributed by atoms with Crippen molar-refractivity contribution in [1.82, 2.24) is 0 Å². The summed E-state index contributed by atoms with van der Waals surface area (Å²) in [6.07, 6.45) is 0. The van der Waals surface area contributed by atoms with E-state index < -0.39 is 5.41 Å². The van der Waals surface area contributed by atoms with Crippen molar-refractivity contribution in [2.75, 3.05) is 4.90 Å². The normalized spacial score (nSPS) is 14.2. The Morgan fingerprint density at radius 2 is 0.849 bits per heavy atom. The van der Waals surface area contributed by atoms with Crippen LogP contribution in [0.1, 0.15) is 47.2 Å². The molecular formula is C52H39N. The fourth-order valence-electron chi connectivity index (χ4n) is 9.52. The molecule has 0 amide bonds. The molecule has 1 nitrogen and oxygen atoms in total. The second kappa shape index (κ2) is 12.1. The zero-order valence-corrected chi connectivity index (χ0v) is 30.0. The second-order valence-electron chi connectivity index (χ2n) is 14.8. The summed E-state index contributed by atoms with van der Waals surface area (Å²) in [6.45, 7) is 4.77. The van der Waals surface area contributed by atoms with Crippen LogP contribution in [0, 0.1) is 0 Å². The standard InChI is InChI=1S/C52H39N/c1-51(2)45-29-15-12-26-41(45)43-28-18-32-49(50(43)51)53(48-31-17-14-25-40(48)36-19-6-3-7-20-36)39-33-34-47-44(35-39)42-27-13-16-30-46(42)52(47,37-21-8-4-9-22-37)38-23-10-5-11-24-38/h3-35H,1-2H3. The van der Waals surface area contributed by atoms with Gasteiger partial charge in [0, 0.05) is 16.7 Å². The highest BCUT2D eigenvalue weighted by atomic mass is 15.1. The third-order valence-corrected chi connectivity index (χ3v) is 11.7. The van der Waals surface area contributed by atoms with Crippen molar-refractivity contribution in [3.8, 4) is 33.4 Å². The molecule has 8 aromatic rings. The lowest BCUT2D eigenvalue weighted by Gasteiger charge is -2.35. The average molecular weight is 678 g/mol. The van der Waals surface area contributed by atoms with Gasteiger partial charge < -0.3 is 4.90 Å². The van der Waals surface area contributed by atoms with Crippen molar-refractivity contribution in [3.63, 3.8) is 0 Å². The number of hydrogen-bond donors (Lipinski definition) is 0. The van der Waals surface area contributed by atoms with Gasteiger partial charge in [0.15, 0.2) is 0 Å². The van der Waals surface area contributed by atoms with Crippen molar-refractivity contribution >= 4 is 17.1 Å². The van der Waals surface area contributed by atoms with E-state index >= 15 is 0 Å². The van der Waals surface area contributed by atoms with Crippen LogP contribution in [0.3, 0.4) is 0 Å². The van der Waals surface area contributed by atoms with E-state index in [-0.39, 0.29) is 5.41 Å². The molecule has 0 atom stereocenters. The maximum Gasteiger partial charge on any atom is 0.0713 e. The van der Waals surface area contributed by atoms with Crippen LogP contribution in [0.25, 0.3) is 33.4 Å². The molecule has 0 heterocycles. The monoisotopic (exact) mass is 677 g/mol. The molecule has 1 heteroatoms. The number of hydrogen-bond acceptors (Lipinski definition) is 1. The minimum absolute atomic E-state index is 0.193. The SMILES string of the molecule is CC1(C)c2ccccc2-c2cccc(N(c3ccc4c(c3)-c3ccccc3C4(c3ccccc3)c3ccccc3)c3ccccc3-c3ccccc3)c21.